The van der Waals surface area contributed by atoms with E-state index in [1.54, 1.807) is 0 Å². The molecule has 1 aliphatic heterocycles. The van der Waals surface area contributed by atoms with E-state index in [1.807, 2.05) is 60.4 Å². The van der Waals surface area contributed by atoms with Crippen molar-refractivity contribution in [3.8, 4) is 5.75 Å². The summed E-state index contributed by atoms with van der Waals surface area (Å²) in [5.74, 6) is 0.927. The summed E-state index contributed by atoms with van der Waals surface area (Å²) in [6.45, 7) is 9.26. The summed E-state index contributed by atoms with van der Waals surface area (Å²) in [5.41, 5.74) is 3.55. The van der Waals surface area contributed by atoms with Gasteiger partial charge in [-0.2, -0.15) is 0 Å². The Morgan fingerprint density at radius 1 is 0.900 bits per heavy atom. The third-order valence-electron chi connectivity index (χ3n) is 6.16. The van der Waals surface area contributed by atoms with Crippen molar-refractivity contribution in [3.63, 3.8) is 0 Å². The van der Waals surface area contributed by atoms with Crippen molar-refractivity contribution in [2.75, 3.05) is 11.5 Å². The van der Waals surface area contributed by atoms with Gasteiger partial charge in [-0.05, 0) is 68.7 Å². The first-order chi connectivity index (χ1) is 14.4. The lowest BCUT2D eigenvalue weighted by Gasteiger charge is -2.51. The maximum atomic E-state index is 13.6. The molecular formula is C27H29NO2. The van der Waals surface area contributed by atoms with Crippen LogP contribution in [0.1, 0.15) is 55.6 Å². The van der Waals surface area contributed by atoms with Gasteiger partial charge in [-0.3, -0.25) is 4.79 Å². The number of anilines is 1. The van der Waals surface area contributed by atoms with Gasteiger partial charge >= 0.3 is 0 Å². The molecule has 154 valence electrons. The Kier molecular flexibility index (Phi) is 5.15. The summed E-state index contributed by atoms with van der Waals surface area (Å²) in [6.07, 6.45) is 0.823. The van der Waals surface area contributed by atoms with E-state index in [2.05, 4.69) is 51.1 Å². The Balaban J connectivity index is 1.83. The second kappa shape index (κ2) is 7.64. The van der Waals surface area contributed by atoms with Gasteiger partial charge in [0.05, 0.1) is 6.61 Å². The van der Waals surface area contributed by atoms with Crippen LogP contribution in [0.25, 0.3) is 0 Å². The van der Waals surface area contributed by atoms with Gasteiger partial charge in [-0.25, -0.2) is 0 Å². The Bertz CT molecular complexity index is 1040. The first-order valence-corrected chi connectivity index (χ1v) is 10.6. The molecule has 30 heavy (non-hydrogen) atoms. The minimum atomic E-state index is -0.353. The summed E-state index contributed by atoms with van der Waals surface area (Å²) >= 11 is 0. The zero-order valence-corrected chi connectivity index (χ0v) is 18.2. The normalized spacial score (nSPS) is 19.8. The standard InChI is InChI=1S/C27H29NO2/c1-5-30-22-17-15-21(16-18-22)27(4)19-26(2,3)28(24-14-10-9-13-23(24)27)25(29)20-11-7-6-8-12-20/h6-18H,5,19H2,1-4H3. The minimum Gasteiger partial charge on any atom is -0.494 e. The number of rotatable bonds is 4. The van der Waals surface area contributed by atoms with E-state index in [9.17, 15) is 4.79 Å². The molecule has 3 aromatic rings. The zero-order chi connectivity index (χ0) is 21.4. The fourth-order valence-corrected chi connectivity index (χ4v) is 4.94. The van der Waals surface area contributed by atoms with Gasteiger partial charge in [0.2, 0.25) is 0 Å². The summed E-state index contributed by atoms with van der Waals surface area (Å²) in [7, 11) is 0. The van der Waals surface area contributed by atoms with Crippen LogP contribution in [0.3, 0.4) is 0 Å². The molecule has 0 fully saturated rings. The van der Waals surface area contributed by atoms with E-state index >= 15 is 0 Å². The third-order valence-corrected chi connectivity index (χ3v) is 6.16. The largest absolute Gasteiger partial charge is 0.494 e. The molecule has 0 aromatic heterocycles. The van der Waals surface area contributed by atoms with Crippen LogP contribution in [-0.2, 0) is 5.41 Å². The molecule has 1 aliphatic rings. The van der Waals surface area contributed by atoms with E-state index in [4.69, 9.17) is 4.74 Å². The molecule has 0 bridgehead atoms. The molecule has 1 atom stereocenters. The molecule has 4 rings (SSSR count). The topological polar surface area (TPSA) is 29.5 Å². The Morgan fingerprint density at radius 2 is 1.53 bits per heavy atom. The van der Waals surface area contributed by atoms with E-state index in [0.29, 0.717) is 12.2 Å². The molecule has 1 amide bonds. The highest BCUT2D eigenvalue weighted by Crippen LogP contribution is 2.50. The van der Waals surface area contributed by atoms with Crippen molar-refractivity contribution < 1.29 is 9.53 Å². The van der Waals surface area contributed by atoms with E-state index in [-0.39, 0.29) is 16.9 Å². The highest BCUT2D eigenvalue weighted by molar-refractivity contribution is 6.08. The van der Waals surface area contributed by atoms with Crippen LogP contribution in [0, 0.1) is 0 Å². The van der Waals surface area contributed by atoms with Gasteiger partial charge in [0.25, 0.3) is 5.91 Å². The van der Waals surface area contributed by atoms with Crippen LogP contribution in [0.5, 0.6) is 5.75 Å². The van der Waals surface area contributed by atoms with Crippen molar-refractivity contribution >= 4 is 11.6 Å². The number of hydrogen-bond donors (Lipinski definition) is 0. The molecule has 0 spiro atoms. The molecule has 1 heterocycles. The Morgan fingerprint density at radius 3 is 2.20 bits per heavy atom. The zero-order valence-electron chi connectivity index (χ0n) is 18.2. The molecule has 0 radical (unpaired) electrons. The molecule has 0 aliphatic carbocycles. The number of nitrogens with zero attached hydrogens (tertiary/aromatic N) is 1. The van der Waals surface area contributed by atoms with Crippen molar-refractivity contribution in [2.45, 2.75) is 45.1 Å². The summed E-state index contributed by atoms with van der Waals surface area (Å²) in [6, 6.07) is 26.3. The van der Waals surface area contributed by atoms with Crippen molar-refractivity contribution in [3.05, 3.63) is 95.6 Å². The molecule has 3 nitrogen and oxygen atoms in total. The quantitative estimate of drug-likeness (QED) is 0.521. The predicted octanol–water partition coefficient (Wildman–Crippen LogP) is 6.22. The fraction of sp³-hybridized carbons (Fsp3) is 0.296. The molecule has 3 heteroatoms. The smallest absolute Gasteiger partial charge is 0.258 e. The van der Waals surface area contributed by atoms with Gasteiger partial charge in [0.1, 0.15) is 5.75 Å². The molecule has 1 unspecified atom stereocenters. The van der Waals surface area contributed by atoms with E-state index in [0.717, 1.165) is 17.9 Å². The average Bonchev–Trinajstić information content (AvgIpc) is 2.74. The van der Waals surface area contributed by atoms with Gasteiger partial charge < -0.3 is 9.64 Å². The maximum Gasteiger partial charge on any atom is 0.258 e. The monoisotopic (exact) mass is 399 g/mol. The van der Waals surface area contributed by atoms with E-state index < -0.39 is 0 Å². The molecule has 0 saturated carbocycles. The summed E-state index contributed by atoms with van der Waals surface area (Å²) in [5, 5.41) is 0. The van der Waals surface area contributed by atoms with Crippen LogP contribution >= 0.6 is 0 Å². The van der Waals surface area contributed by atoms with Crippen LogP contribution < -0.4 is 9.64 Å². The number of ether oxygens (including phenoxy) is 1. The highest BCUT2D eigenvalue weighted by atomic mass is 16.5. The van der Waals surface area contributed by atoms with Crippen molar-refractivity contribution in [1.29, 1.82) is 0 Å². The Hall–Kier alpha value is -3.07. The van der Waals surface area contributed by atoms with E-state index in [1.165, 1.54) is 11.1 Å². The second-order valence-corrected chi connectivity index (χ2v) is 8.80. The SMILES string of the molecule is CCOc1ccc(C2(C)CC(C)(C)N(C(=O)c3ccccc3)c3ccccc32)cc1. The number of para-hydroxylation sites is 1. The molecule has 0 saturated heterocycles. The second-order valence-electron chi connectivity index (χ2n) is 8.80. The predicted molar refractivity (Wildman–Crippen MR) is 122 cm³/mol. The number of benzene rings is 3. The molecule has 3 aromatic carbocycles. The maximum absolute atomic E-state index is 13.6. The van der Waals surface area contributed by atoms with Gasteiger partial charge in [0, 0.05) is 22.2 Å². The van der Waals surface area contributed by atoms with Crippen LogP contribution in [0.2, 0.25) is 0 Å². The van der Waals surface area contributed by atoms with Crippen molar-refractivity contribution in [1.82, 2.24) is 0 Å². The number of carbonyl (C=O) groups excluding carboxylic acids is 1. The summed E-state index contributed by atoms with van der Waals surface area (Å²) < 4.78 is 5.64. The van der Waals surface area contributed by atoms with Crippen molar-refractivity contribution in [2.24, 2.45) is 0 Å². The third kappa shape index (κ3) is 3.39. The molecule has 0 N–H and O–H groups in total. The lowest BCUT2D eigenvalue weighted by molar-refractivity contribution is 0.0948. The Labute approximate surface area is 179 Å². The highest BCUT2D eigenvalue weighted by Gasteiger charge is 2.47. The van der Waals surface area contributed by atoms with Gasteiger partial charge in [0.15, 0.2) is 0 Å². The first-order valence-electron chi connectivity index (χ1n) is 10.6. The summed E-state index contributed by atoms with van der Waals surface area (Å²) in [4.78, 5) is 15.5. The van der Waals surface area contributed by atoms with Crippen LogP contribution in [0.4, 0.5) is 5.69 Å². The average molecular weight is 400 g/mol. The lowest BCUT2D eigenvalue weighted by atomic mass is 9.65. The number of hydrogen-bond acceptors (Lipinski definition) is 2. The lowest BCUT2D eigenvalue weighted by Crippen LogP contribution is -2.55. The number of amides is 1. The number of fused-ring (bicyclic) bond motifs is 1. The van der Waals surface area contributed by atoms with Gasteiger partial charge in [-0.1, -0.05) is 55.5 Å². The van der Waals surface area contributed by atoms with Crippen LogP contribution in [0.15, 0.2) is 78.9 Å². The fourth-order valence-electron chi connectivity index (χ4n) is 4.94. The van der Waals surface area contributed by atoms with Gasteiger partial charge in [-0.15, -0.1) is 0 Å². The minimum absolute atomic E-state index is 0.0433. The van der Waals surface area contributed by atoms with Crippen LogP contribution in [-0.4, -0.2) is 18.1 Å². The number of carbonyl (C=O) groups is 1. The molecular weight excluding hydrogens is 370 g/mol. The first kappa shape index (κ1) is 20.2.